The van der Waals surface area contributed by atoms with Gasteiger partial charge in [0.2, 0.25) is 0 Å². The molecule has 1 heterocycles. The van der Waals surface area contributed by atoms with Crippen molar-refractivity contribution in [1.82, 2.24) is 4.98 Å². The first kappa shape index (κ1) is 4.83. The maximum Gasteiger partial charge on any atom is 0.136 e. The topological polar surface area (TPSA) is 12.9 Å². The molecule has 0 unspecified atom stereocenters. The average Bonchev–Trinajstić information content (AvgIpc) is 2.16. The van der Waals surface area contributed by atoms with Crippen molar-refractivity contribution in [2.24, 2.45) is 0 Å². The van der Waals surface area contributed by atoms with Crippen LogP contribution in [0.2, 0.25) is 5.15 Å². The molecule has 2 aromatic rings. The van der Waals surface area contributed by atoms with Crippen LogP contribution in [0, 0.1) is 6.85 Å². The summed E-state index contributed by atoms with van der Waals surface area (Å²) in [5.41, 5.74) is 0.282. The number of rotatable bonds is 0. The molecule has 0 saturated carbocycles. The van der Waals surface area contributed by atoms with Crippen LogP contribution in [0.25, 0.3) is 10.8 Å². The first-order valence-electron chi connectivity index (χ1n) is 5.03. The minimum Gasteiger partial charge on any atom is -0.244 e. The largest absolute Gasteiger partial charge is 0.244 e. The molecule has 1 aromatic carbocycles. The minimum absolute atomic E-state index is 0.282. The predicted molar refractivity (Wildman–Crippen MR) is 51.5 cm³/mol. The molecule has 60 valence electrons. The highest BCUT2D eigenvalue weighted by Crippen LogP contribution is 2.21. The van der Waals surface area contributed by atoms with Crippen molar-refractivity contribution in [3.63, 3.8) is 0 Å². The van der Waals surface area contributed by atoms with Crippen LogP contribution in [0.1, 0.15) is 9.68 Å². The zero-order valence-corrected chi connectivity index (χ0v) is 6.97. The molecule has 0 fully saturated rings. The summed E-state index contributed by atoms with van der Waals surface area (Å²) in [5, 5.41) is 1.90. The van der Waals surface area contributed by atoms with Gasteiger partial charge in [0.25, 0.3) is 0 Å². The second kappa shape index (κ2) is 2.76. The highest BCUT2D eigenvalue weighted by atomic mass is 35.5. The second-order valence-electron chi connectivity index (χ2n) is 2.54. The number of hydrogen-bond donors (Lipinski definition) is 0. The summed E-state index contributed by atoms with van der Waals surface area (Å²) in [5.74, 6) is 0. The minimum atomic E-state index is -2.10. The van der Waals surface area contributed by atoms with Gasteiger partial charge in [0, 0.05) is 15.7 Å². The van der Waals surface area contributed by atoms with Gasteiger partial charge in [0.05, 0.1) is 0 Å². The molecule has 1 nitrogen and oxygen atoms in total. The lowest BCUT2D eigenvalue weighted by atomic mass is 10.1. The van der Waals surface area contributed by atoms with E-state index in [2.05, 4.69) is 4.98 Å². The molecule has 0 aliphatic carbocycles. The summed E-state index contributed by atoms with van der Waals surface area (Å²) in [6.45, 7) is -2.10. The van der Waals surface area contributed by atoms with Crippen molar-refractivity contribution in [3.8, 4) is 0 Å². The maximum atomic E-state index is 7.29. The molecule has 0 radical (unpaired) electrons. The molecule has 0 aliphatic rings. The van der Waals surface area contributed by atoms with Crippen molar-refractivity contribution in [2.75, 3.05) is 0 Å². The van der Waals surface area contributed by atoms with Crippen LogP contribution in [0.4, 0.5) is 0 Å². The lowest BCUT2D eigenvalue weighted by molar-refractivity contribution is 1.36. The van der Waals surface area contributed by atoms with Crippen LogP contribution in [0.3, 0.4) is 0 Å². The Morgan fingerprint density at radius 2 is 2.33 bits per heavy atom. The van der Waals surface area contributed by atoms with Gasteiger partial charge in [-0.2, -0.15) is 0 Å². The summed E-state index contributed by atoms with van der Waals surface area (Å²) in [4.78, 5) is 3.91. The molecule has 1 aromatic heterocycles. The van der Waals surface area contributed by atoms with Gasteiger partial charge in [-0.15, -0.1) is 0 Å². The number of aryl methyl sites for hydroxylation is 1. The number of hydrogen-bond acceptors (Lipinski definition) is 1. The second-order valence-corrected chi connectivity index (χ2v) is 2.90. The zero-order valence-electron chi connectivity index (χ0n) is 9.21. The van der Waals surface area contributed by atoms with Crippen LogP contribution in [-0.2, 0) is 0 Å². The quantitative estimate of drug-likeness (QED) is 0.568. The number of halogens is 1. The van der Waals surface area contributed by atoms with Gasteiger partial charge in [0.1, 0.15) is 5.15 Å². The predicted octanol–water partition coefficient (Wildman–Crippen LogP) is 3.20. The van der Waals surface area contributed by atoms with Gasteiger partial charge >= 0.3 is 0 Å². The molecule has 0 bridgehead atoms. The number of nitrogens with zero attached hydrogens (tertiary/aromatic N) is 1. The van der Waals surface area contributed by atoms with Gasteiger partial charge in [-0.1, -0.05) is 29.3 Å². The van der Waals surface area contributed by atoms with Crippen LogP contribution in [-0.4, -0.2) is 4.98 Å². The first-order valence-corrected chi connectivity index (χ1v) is 3.91. The molecule has 12 heavy (non-hydrogen) atoms. The van der Waals surface area contributed by atoms with E-state index in [1.54, 1.807) is 30.5 Å². The van der Waals surface area contributed by atoms with Crippen LogP contribution in [0.15, 0.2) is 30.5 Å². The Morgan fingerprint density at radius 1 is 1.42 bits per heavy atom. The van der Waals surface area contributed by atoms with Crippen molar-refractivity contribution < 1.29 is 4.11 Å². The first-order chi connectivity index (χ1) is 6.98. The molecule has 2 heteroatoms. The van der Waals surface area contributed by atoms with Crippen molar-refractivity contribution in [3.05, 3.63) is 41.2 Å². The van der Waals surface area contributed by atoms with Gasteiger partial charge in [0.15, 0.2) is 0 Å². The number of pyridine rings is 1. The van der Waals surface area contributed by atoms with Gasteiger partial charge in [-0.05, 0) is 24.4 Å². The number of aromatic nitrogens is 1. The maximum absolute atomic E-state index is 7.29. The smallest absolute Gasteiger partial charge is 0.136 e. The fourth-order valence-corrected chi connectivity index (χ4v) is 1.35. The highest BCUT2D eigenvalue weighted by Gasteiger charge is 1.98. The van der Waals surface area contributed by atoms with Gasteiger partial charge < -0.3 is 0 Å². The number of benzene rings is 1. The normalized spacial score (nSPS) is 15.2. The standard InChI is InChI=1S/C10H8ClN/c1-7-2-3-8-4-5-12-10(11)9(8)6-7/h2-6H,1H3/i1D3. The van der Waals surface area contributed by atoms with Gasteiger partial charge in [-0.25, -0.2) is 4.98 Å². The van der Waals surface area contributed by atoms with E-state index in [1.807, 2.05) is 0 Å². The van der Waals surface area contributed by atoms with Crippen molar-refractivity contribution in [2.45, 2.75) is 6.85 Å². The third kappa shape index (κ3) is 1.16. The van der Waals surface area contributed by atoms with Crippen molar-refractivity contribution >= 4 is 22.4 Å². The Bertz CT molecular complexity index is 507. The molecule has 0 saturated heterocycles. The Morgan fingerprint density at radius 3 is 3.17 bits per heavy atom. The summed E-state index contributed by atoms with van der Waals surface area (Å²) >= 11 is 5.88. The van der Waals surface area contributed by atoms with Crippen LogP contribution >= 0.6 is 11.6 Å². The van der Waals surface area contributed by atoms with Crippen molar-refractivity contribution in [1.29, 1.82) is 0 Å². The average molecular weight is 181 g/mol. The van der Waals surface area contributed by atoms with E-state index in [9.17, 15) is 0 Å². The Hall–Kier alpha value is -1.08. The highest BCUT2D eigenvalue weighted by molar-refractivity contribution is 6.34. The summed E-state index contributed by atoms with van der Waals surface area (Å²) in [7, 11) is 0. The summed E-state index contributed by atoms with van der Waals surface area (Å²) < 4.78 is 21.9. The molecular weight excluding hydrogens is 170 g/mol. The van der Waals surface area contributed by atoms with Crippen LogP contribution < -0.4 is 0 Å². The van der Waals surface area contributed by atoms with E-state index < -0.39 is 6.85 Å². The van der Waals surface area contributed by atoms with E-state index >= 15 is 0 Å². The molecular formula is C10H8ClN. The lowest BCUT2D eigenvalue weighted by Crippen LogP contribution is -1.79. The van der Waals surface area contributed by atoms with E-state index in [-0.39, 0.29) is 5.56 Å². The summed E-state index contributed by atoms with van der Waals surface area (Å²) in [6.07, 6.45) is 1.60. The van der Waals surface area contributed by atoms with Gasteiger partial charge in [-0.3, -0.25) is 0 Å². The fourth-order valence-electron chi connectivity index (χ4n) is 1.13. The summed E-state index contributed by atoms with van der Waals surface area (Å²) in [6, 6.07) is 6.69. The Kier molecular flexibility index (Phi) is 1.11. The van der Waals surface area contributed by atoms with E-state index in [4.69, 9.17) is 15.7 Å². The Balaban J connectivity index is 2.70. The van der Waals surface area contributed by atoms with Crippen LogP contribution in [0.5, 0.6) is 0 Å². The third-order valence-corrected chi connectivity index (χ3v) is 2.02. The molecule has 2 rings (SSSR count). The third-order valence-electron chi connectivity index (χ3n) is 1.72. The molecule has 0 amide bonds. The fraction of sp³-hybridized carbons (Fsp3) is 0.100. The molecule has 0 spiro atoms. The zero-order chi connectivity index (χ0) is 11.1. The monoisotopic (exact) mass is 180 g/mol. The molecule has 0 aliphatic heterocycles. The number of fused-ring (bicyclic) bond motifs is 1. The SMILES string of the molecule is [2H]C([2H])([2H])c1ccc2ccnc(Cl)c2c1. The lowest BCUT2D eigenvalue weighted by Gasteiger charge is -1.99. The molecule has 0 atom stereocenters. The van der Waals surface area contributed by atoms with E-state index in [0.29, 0.717) is 10.5 Å². The van der Waals surface area contributed by atoms with E-state index in [0.717, 1.165) is 5.39 Å². The Labute approximate surface area is 80.2 Å². The molecule has 0 N–H and O–H groups in total. The van der Waals surface area contributed by atoms with E-state index in [1.165, 1.54) is 0 Å².